The van der Waals surface area contributed by atoms with Crippen LogP contribution in [0.4, 0.5) is 26.3 Å². The first-order chi connectivity index (χ1) is 12.1. The Kier molecular flexibility index (Phi) is 6.07. The largest absolute Gasteiger partial charge is 0.409 e. The summed E-state index contributed by atoms with van der Waals surface area (Å²) in [5.41, 5.74) is 0.135. The number of benzene rings is 2. The van der Waals surface area contributed by atoms with Gasteiger partial charge in [0.2, 0.25) is 0 Å². The van der Waals surface area contributed by atoms with Crippen LogP contribution >= 0.6 is 0 Å². The minimum Gasteiger partial charge on any atom is -0.249 e. The number of allylic oxidation sites excluding steroid dienone is 2. The highest BCUT2D eigenvalue weighted by Crippen LogP contribution is 2.27. The zero-order valence-electron chi connectivity index (χ0n) is 13.0. The summed E-state index contributed by atoms with van der Waals surface area (Å²) >= 11 is 0. The molecule has 0 heterocycles. The van der Waals surface area contributed by atoms with Crippen LogP contribution in [0.25, 0.3) is 12.2 Å². The fourth-order valence-electron chi connectivity index (χ4n) is 2.06. The van der Waals surface area contributed by atoms with Gasteiger partial charge in [-0.05, 0) is 35.4 Å². The van der Waals surface area contributed by atoms with Crippen LogP contribution in [0.1, 0.15) is 11.1 Å². The quantitative estimate of drug-likeness (QED) is 0.585. The Balaban J connectivity index is 2.46. The lowest BCUT2D eigenvalue weighted by Crippen LogP contribution is -2.03. The van der Waals surface area contributed by atoms with E-state index in [1.165, 1.54) is 48.5 Å². The van der Waals surface area contributed by atoms with Crippen molar-refractivity contribution in [2.45, 2.75) is 22.1 Å². The molecule has 0 bridgehead atoms. The van der Waals surface area contributed by atoms with Gasteiger partial charge in [0.25, 0.3) is 0 Å². The Bertz CT molecular complexity index is 780. The maximum Gasteiger partial charge on any atom is 0.409 e. The SMILES string of the molecule is O=S(c1ccccc1/C=C/C(F)(F)F)c1ccccc1/C=C/C(F)(F)F. The van der Waals surface area contributed by atoms with Crippen LogP contribution in [-0.2, 0) is 10.8 Å². The van der Waals surface area contributed by atoms with E-state index in [0.29, 0.717) is 0 Å². The first-order valence-electron chi connectivity index (χ1n) is 7.18. The van der Waals surface area contributed by atoms with Crippen molar-refractivity contribution in [2.24, 2.45) is 0 Å². The van der Waals surface area contributed by atoms with E-state index in [0.717, 1.165) is 12.2 Å². The highest BCUT2D eigenvalue weighted by molar-refractivity contribution is 7.85. The molecule has 8 heteroatoms. The lowest BCUT2D eigenvalue weighted by molar-refractivity contribution is -0.0800. The monoisotopic (exact) mass is 390 g/mol. The molecule has 0 aromatic heterocycles. The summed E-state index contributed by atoms with van der Waals surface area (Å²) in [7, 11) is -1.96. The summed E-state index contributed by atoms with van der Waals surface area (Å²) in [6, 6.07) is 11.4. The molecule has 0 radical (unpaired) electrons. The van der Waals surface area contributed by atoms with Crippen molar-refractivity contribution >= 4 is 23.0 Å². The number of halogens is 6. The standard InChI is InChI=1S/C18H12F6OS/c19-17(20,21)11-9-13-5-1-3-7-15(13)26(25)16-8-4-2-6-14(16)10-12-18(22,23)24/h1-12H/b11-9+,12-10+. The topological polar surface area (TPSA) is 17.1 Å². The maximum atomic E-state index is 12.8. The maximum absolute atomic E-state index is 12.8. The van der Waals surface area contributed by atoms with Crippen LogP contribution < -0.4 is 0 Å². The third kappa shape index (κ3) is 5.87. The van der Waals surface area contributed by atoms with E-state index in [4.69, 9.17) is 0 Å². The molecule has 2 rings (SSSR count). The second-order valence-electron chi connectivity index (χ2n) is 5.09. The number of alkyl halides is 6. The van der Waals surface area contributed by atoms with Crippen molar-refractivity contribution in [3.8, 4) is 0 Å². The Morgan fingerprint density at radius 2 is 1.00 bits per heavy atom. The highest BCUT2D eigenvalue weighted by atomic mass is 32.2. The molecule has 0 fully saturated rings. The Morgan fingerprint density at radius 3 is 1.35 bits per heavy atom. The third-order valence-electron chi connectivity index (χ3n) is 3.14. The van der Waals surface area contributed by atoms with E-state index >= 15 is 0 Å². The molecular formula is C18H12F6OS. The first kappa shape index (κ1) is 20.0. The molecule has 0 amide bonds. The normalized spacial score (nSPS) is 13.2. The van der Waals surface area contributed by atoms with Gasteiger partial charge in [-0.25, -0.2) is 4.21 Å². The molecule has 0 aliphatic heterocycles. The van der Waals surface area contributed by atoms with Crippen LogP contribution in [0.5, 0.6) is 0 Å². The average molecular weight is 390 g/mol. The zero-order chi connectivity index (χ0) is 19.4. The van der Waals surface area contributed by atoms with Gasteiger partial charge in [0, 0.05) is 12.2 Å². The van der Waals surface area contributed by atoms with Crippen molar-refractivity contribution in [1.82, 2.24) is 0 Å². The molecule has 138 valence electrons. The van der Waals surface area contributed by atoms with Crippen molar-refractivity contribution in [3.63, 3.8) is 0 Å². The van der Waals surface area contributed by atoms with Gasteiger partial charge in [-0.15, -0.1) is 0 Å². The lowest BCUT2D eigenvalue weighted by Gasteiger charge is -2.10. The minimum absolute atomic E-state index is 0.0124. The molecule has 0 unspecified atom stereocenters. The molecule has 1 nitrogen and oxygen atoms in total. The Morgan fingerprint density at radius 1 is 0.654 bits per heavy atom. The minimum atomic E-state index is -4.54. The molecule has 26 heavy (non-hydrogen) atoms. The molecular weight excluding hydrogens is 378 g/mol. The van der Waals surface area contributed by atoms with E-state index < -0.39 is 23.2 Å². The molecule has 0 atom stereocenters. The van der Waals surface area contributed by atoms with Crippen LogP contribution in [0, 0.1) is 0 Å². The van der Waals surface area contributed by atoms with Gasteiger partial charge in [-0.1, -0.05) is 36.4 Å². The van der Waals surface area contributed by atoms with Crippen molar-refractivity contribution in [2.75, 3.05) is 0 Å². The van der Waals surface area contributed by atoms with Gasteiger partial charge < -0.3 is 0 Å². The van der Waals surface area contributed by atoms with Crippen LogP contribution in [-0.4, -0.2) is 16.6 Å². The fourth-order valence-corrected chi connectivity index (χ4v) is 3.40. The van der Waals surface area contributed by atoms with Crippen LogP contribution in [0.2, 0.25) is 0 Å². The summed E-state index contributed by atoms with van der Waals surface area (Å²) in [4.78, 5) is 0.140. The van der Waals surface area contributed by atoms with Gasteiger partial charge in [-0.2, -0.15) is 26.3 Å². The van der Waals surface area contributed by atoms with E-state index in [9.17, 15) is 30.6 Å². The molecule has 2 aromatic carbocycles. The summed E-state index contributed by atoms with van der Waals surface area (Å²) < 4.78 is 87.2. The zero-order valence-corrected chi connectivity index (χ0v) is 13.8. The van der Waals surface area contributed by atoms with Crippen molar-refractivity contribution in [3.05, 3.63) is 71.8 Å². The molecule has 0 aliphatic rings. The van der Waals surface area contributed by atoms with E-state index in [2.05, 4.69) is 0 Å². The van der Waals surface area contributed by atoms with Crippen molar-refractivity contribution < 1.29 is 30.6 Å². The third-order valence-corrected chi connectivity index (χ3v) is 4.68. The summed E-state index contributed by atoms with van der Waals surface area (Å²) in [5.74, 6) is 0. The van der Waals surface area contributed by atoms with Gasteiger partial charge in [-0.3, -0.25) is 0 Å². The average Bonchev–Trinajstić information content (AvgIpc) is 2.57. The van der Waals surface area contributed by atoms with Gasteiger partial charge in [0.05, 0.1) is 20.6 Å². The number of rotatable bonds is 4. The lowest BCUT2D eigenvalue weighted by atomic mass is 10.2. The van der Waals surface area contributed by atoms with Crippen molar-refractivity contribution in [1.29, 1.82) is 0 Å². The fraction of sp³-hybridized carbons (Fsp3) is 0.111. The number of hydrogen-bond acceptors (Lipinski definition) is 1. The van der Waals surface area contributed by atoms with E-state index in [-0.39, 0.29) is 33.1 Å². The Labute approximate surface area is 148 Å². The second kappa shape index (κ2) is 7.90. The Hall–Kier alpha value is -2.35. The molecule has 0 saturated heterocycles. The van der Waals surface area contributed by atoms with Crippen LogP contribution in [0.3, 0.4) is 0 Å². The van der Waals surface area contributed by atoms with Gasteiger partial charge in [0.1, 0.15) is 0 Å². The first-order valence-corrected chi connectivity index (χ1v) is 8.33. The molecule has 0 aliphatic carbocycles. The molecule has 0 N–H and O–H groups in total. The van der Waals surface area contributed by atoms with Gasteiger partial charge >= 0.3 is 12.4 Å². The summed E-state index contributed by atoms with van der Waals surface area (Å²) in [5, 5.41) is 0. The predicted molar refractivity (Wildman–Crippen MR) is 87.7 cm³/mol. The molecule has 0 spiro atoms. The molecule has 2 aromatic rings. The van der Waals surface area contributed by atoms with Gasteiger partial charge in [0.15, 0.2) is 0 Å². The van der Waals surface area contributed by atoms with Crippen LogP contribution in [0.15, 0.2) is 70.5 Å². The smallest absolute Gasteiger partial charge is 0.249 e. The second-order valence-corrected chi connectivity index (χ2v) is 6.51. The van der Waals surface area contributed by atoms with E-state index in [1.54, 1.807) is 0 Å². The molecule has 0 saturated carbocycles. The number of hydrogen-bond donors (Lipinski definition) is 0. The predicted octanol–water partition coefficient (Wildman–Crippen LogP) is 6.00. The van der Waals surface area contributed by atoms with E-state index in [1.807, 2.05) is 0 Å². The highest BCUT2D eigenvalue weighted by Gasteiger charge is 2.24. The summed E-state index contributed by atoms with van der Waals surface area (Å²) in [6.45, 7) is 0. The summed E-state index contributed by atoms with van der Waals surface area (Å²) in [6.07, 6.45) is -7.50.